The lowest BCUT2D eigenvalue weighted by atomic mass is 9.67. The molecule has 0 bridgehead atoms. The van der Waals surface area contributed by atoms with Crippen molar-refractivity contribution in [2.75, 3.05) is 18.4 Å². The van der Waals surface area contributed by atoms with Crippen molar-refractivity contribution in [1.29, 1.82) is 0 Å². The lowest BCUT2D eigenvalue weighted by molar-refractivity contribution is -0.128. The fourth-order valence-electron chi connectivity index (χ4n) is 3.57. The van der Waals surface area contributed by atoms with Gasteiger partial charge in [-0.15, -0.1) is 24.8 Å². The molecule has 0 unspecified atom stereocenters. The van der Waals surface area contributed by atoms with E-state index in [0.717, 1.165) is 37.2 Å². The molecule has 0 radical (unpaired) electrons. The first kappa shape index (κ1) is 18.2. The smallest absolute Gasteiger partial charge is 0.232 e. The molecule has 2 fully saturated rings. The molecule has 1 aromatic heterocycles. The molecule has 1 aliphatic heterocycles. The SMILES string of the molecule is Cc1cncc(NC(=O)[C@@]23CCCC[C@H]2CNC3)c1.Cl.Cl. The highest BCUT2D eigenvalue weighted by Gasteiger charge is 2.49. The number of halogens is 2. The fourth-order valence-corrected chi connectivity index (χ4v) is 3.57. The molecule has 118 valence electrons. The van der Waals surface area contributed by atoms with E-state index in [-0.39, 0.29) is 36.1 Å². The van der Waals surface area contributed by atoms with Crippen LogP contribution in [0.5, 0.6) is 0 Å². The number of amides is 1. The number of carbonyl (C=O) groups excluding carboxylic acids is 1. The van der Waals surface area contributed by atoms with E-state index in [1.807, 2.05) is 13.0 Å². The first-order chi connectivity index (χ1) is 9.21. The van der Waals surface area contributed by atoms with Crippen molar-refractivity contribution in [1.82, 2.24) is 10.3 Å². The van der Waals surface area contributed by atoms with Gasteiger partial charge in [-0.3, -0.25) is 9.78 Å². The van der Waals surface area contributed by atoms with Crippen LogP contribution in [0.2, 0.25) is 0 Å². The molecule has 2 N–H and O–H groups in total. The van der Waals surface area contributed by atoms with Crippen molar-refractivity contribution >= 4 is 36.4 Å². The second-order valence-corrected chi connectivity index (χ2v) is 5.93. The summed E-state index contributed by atoms with van der Waals surface area (Å²) in [7, 11) is 0. The molecule has 1 amide bonds. The summed E-state index contributed by atoms with van der Waals surface area (Å²) in [4.78, 5) is 16.8. The summed E-state index contributed by atoms with van der Waals surface area (Å²) in [5.74, 6) is 0.675. The number of aromatic nitrogens is 1. The Hall–Kier alpha value is -0.840. The maximum absolute atomic E-state index is 12.7. The van der Waals surface area contributed by atoms with E-state index >= 15 is 0 Å². The van der Waals surface area contributed by atoms with Gasteiger partial charge in [0, 0.05) is 12.7 Å². The number of nitrogens with zero attached hydrogens (tertiary/aromatic N) is 1. The Labute approximate surface area is 138 Å². The third-order valence-corrected chi connectivity index (χ3v) is 4.62. The zero-order valence-corrected chi connectivity index (χ0v) is 13.9. The summed E-state index contributed by atoms with van der Waals surface area (Å²) in [6.07, 6.45) is 8.13. The van der Waals surface area contributed by atoms with Crippen molar-refractivity contribution in [2.45, 2.75) is 32.6 Å². The van der Waals surface area contributed by atoms with Gasteiger partial charge in [-0.25, -0.2) is 0 Å². The third kappa shape index (κ3) is 3.50. The summed E-state index contributed by atoms with van der Waals surface area (Å²) >= 11 is 0. The standard InChI is InChI=1S/C15H21N3O.2ClH/c1-11-6-13(9-16-7-11)18-14(19)15-5-3-2-4-12(15)8-17-10-15;;/h6-7,9,12,17H,2-5,8,10H2,1H3,(H,18,19);2*1H/t12-,15+;;/m0../s1. The van der Waals surface area contributed by atoms with Gasteiger partial charge in [0.25, 0.3) is 0 Å². The fraction of sp³-hybridized carbons (Fsp3) is 0.600. The zero-order chi connectivity index (χ0) is 13.3. The van der Waals surface area contributed by atoms with Crippen molar-refractivity contribution in [3.8, 4) is 0 Å². The lowest BCUT2D eigenvalue weighted by Crippen LogP contribution is -2.44. The van der Waals surface area contributed by atoms with Crippen LogP contribution < -0.4 is 10.6 Å². The third-order valence-electron chi connectivity index (χ3n) is 4.62. The Morgan fingerprint density at radius 3 is 2.95 bits per heavy atom. The summed E-state index contributed by atoms with van der Waals surface area (Å²) in [5, 5.41) is 6.48. The Morgan fingerprint density at radius 1 is 1.38 bits per heavy atom. The van der Waals surface area contributed by atoms with Crippen molar-refractivity contribution in [2.24, 2.45) is 11.3 Å². The molecule has 0 spiro atoms. The van der Waals surface area contributed by atoms with E-state index in [2.05, 4.69) is 15.6 Å². The minimum atomic E-state index is -0.192. The van der Waals surface area contributed by atoms with Crippen LogP contribution in [0.4, 0.5) is 5.69 Å². The van der Waals surface area contributed by atoms with Gasteiger partial charge < -0.3 is 10.6 Å². The summed E-state index contributed by atoms with van der Waals surface area (Å²) < 4.78 is 0. The number of hydrogen-bond acceptors (Lipinski definition) is 3. The maximum Gasteiger partial charge on any atom is 0.232 e. The molecule has 2 atom stereocenters. The monoisotopic (exact) mass is 331 g/mol. The highest BCUT2D eigenvalue weighted by molar-refractivity contribution is 5.96. The van der Waals surface area contributed by atoms with Crippen molar-refractivity contribution in [3.05, 3.63) is 24.0 Å². The largest absolute Gasteiger partial charge is 0.324 e. The van der Waals surface area contributed by atoms with Crippen molar-refractivity contribution in [3.63, 3.8) is 0 Å². The topological polar surface area (TPSA) is 54.0 Å². The Bertz CT molecular complexity index is 498. The lowest BCUT2D eigenvalue weighted by Gasteiger charge is -2.37. The van der Waals surface area contributed by atoms with Crippen LogP contribution in [-0.2, 0) is 4.79 Å². The predicted molar refractivity (Wildman–Crippen MR) is 89.4 cm³/mol. The number of carbonyl (C=O) groups is 1. The molecule has 6 heteroatoms. The van der Waals surface area contributed by atoms with E-state index in [1.54, 1.807) is 12.4 Å². The molecule has 1 saturated heterocycles. The Balaban J connectivity index is 0.00000110. The first-order valence-corrected chi connectivity index (χ1v) is 7.14. The van der Waals surface area contributed by atoms with Crippen LogP contribution in [-0.4, -0.2) is 24.0 Å². The average Bonchev–Trinajstić information content (AvgIpc) is 2.83. The molecular weight excluding hydrogens is 309 g/mol. The van der Waals surface area contributed by atoms with Gasteiger partial charge in [-0.1, -0.05) is 12.8 Å². The van der Waals surface area contributed by atoms with Crippen LogP contribution in [0.15, 0.2) is 18.5 Å². The van der Waals surface area contributed by atoms with Gasteiger partial charge in [0.05, 0.1) is 17.3 Å². The van der Waals surface area contributed by atoms with Gasteiger partial charge in [0.1, 0.15) is 0 Å². The van der Waals surface area contributed by atoms with Gasteiger partial charge in [0.15, 0.2) is 0 Å². The molecule has 1 aromatic rings. The van der Waals surface area contributed by atoms with Crippen LogP contribution in [0.1, 0.15) is 31.2 Å². The summed E-state index contributed by atoms with van der Waals surface area (Å²) in [5.41, 5.74) is 1.69. The number of hydrogen-bond donors (Lipinski definition) is 2. The van der Waals surface area contributed by atoms with Crippen LogP contribution in [0, 0.1) is 18.3 Å². The maximum atomic E-state index is 12.7. The number of rotatable bonds is 2. The average molecular weight is 332 g/mol. The molecule has 2 aliphatic rings. The minimum Gasteiger partial charge on any atom is -0.324 e. The van der Waals surface area contributed by atoms with E-state index < -0.39 is 0 Å². The van der Waals surface area contributed by atoms with E-state index in [4.69, 9.17) is 0 Å². The molecule has 1 aliphatic carbocycles. The number of aryl methyl sites for hydroxylation is 1. The Morgan fingerprint density at radius 2 is 2.19 bits per heavy atom. The molecule has 4 nitrogen and oxygen atoms in total. The molecule has 1 saturated carbocycles. The van der Waals surface area contributed by atoms with Gasteiger partial charge in [0.2, 0.25) is 5.91 Å². The van der Waals surface area contributed by atoms with Crippen LogP contribution in [0.25, 0.3) is 0 Å². The molecule has 3 rings (SSSR count). The summed E-state index contributed by atoms with van der Waals surface area (Å²) in [6, 6.07) is 1.97. The molecule has 0 aromatic carbocycles. The van der Waals surface area contributed by atoms with Crippen LogP contribution in [0.3, 0.4) is 0 Å². The van der Waals surface area contributed by atoms with E-state index in [1.165, 1.54) is 12.8 Å². The second kappa shape index (κ2) is 7.43. The quantitative estimate of drug-likeness (QED) is 0.875. The van der Waals surface area contributed by atoms with Crippen molar-refractivity contribution < 1.29 is 4.79 Å². The number of pyridine rings is 1. The number of nitrogens with one attached hydrogen (secondary N) is 2. The first-order valence-electron chi connectivity index (χ1n) is 7.14. The molecule has 21 heavy (non-hydrogen) atoms. The highest BCUT2D eigenvalue weighted by atomic mass is 35.5. The molecule has 2 heterocycles. The van der Waals surface area contributed by atoms with Gasteiger partial charge in [-0.05, 0) is 43.9 Å². The van der Waals surface area contributed by atoms with Gasteiger partial charge >= 0.3 is 0 Å². The second-order valence-electron chi connectivity index (χ2n) is 5.93. The van der Waals surface area contributed by atoms with Gasteiger partial charge in [-0.2, -0.15) is 0 Å². The predicted octanol–water partition coefficient (Wildman–Crippen LogP) is 2.95. The minimum absolute atomic E-state index is 0. The highest BCUT2D eigenvalue weighted by Crippen LogP contribution is 2.44. The van der Waals surface area contributed by atoms with Crippen LogP contribution >= 0.6 is 24.8 Å². The Kier molecular flexibility index (Phi) is 6.44. The normalized spacial score (nSPS) is 27.0. The van der Waals surface area contributed by atoms with E-state index in [0.29, 0.717) is 5.92 Å². The number of anilines is 1. The number of fused-ring (bicyclic) bond motifs is 1. The van der Waals surface area contributed by atoms with E-state index in [9.17, 15) is 4.79 Å². The molecular formula is C15H23Cl2N3O. The zero-order valence-electron chi connectivity index (χ0n) is 12.2. The summed E-state index contributed by atoms with van der Waals surface area (Å²) in [6.45, 7) is 3.80.